The van der Waals surface area contributed by atoms with Gasteiger partial charge in [0.25, 0.3) is 0 Å². The number of rotatable bonds is 6. The first-order valence-corrected chi connectivity index (χ1v) is 16.8. The van der Waals surface area contributed by atoms with Crippen LogP contribution < -0.4 is 14.5 Å². The second-order valence-electron chi connectivity index (χ2n) is 10.5. The van der Waals surface area contributed by atoms with E-state index >= 15 is 0 Å². The van der Waals surface area contributed by atoms with Crippen molar-refractivity contribution < 1.29 is 14.3 Å². The Balaban J connectivity index is 1.56. The Kier molecular flexibility index (Phi) is 9.18. The summed E-state index contributed by atoms with van der Waals surface area (Å²) in [7, 11) is 3.58. The Hall–Kier alpha value is -2.40. The first-order chi connectivity index (χ1) is 18.1. The van der Waals surface area contributed by atoms with Gasteiger partial charge in [0.1, 0.15) is 11.4 Å². The number of carbonyl (C=O) groups is 1. The number of ether oxygens (including phenoxy) is 2. The average molecular weight is 654 g/mol. The molecule has 0 radical (unpaired) electrons. The van der Waals surface area contributed by atoms with Gasteiger partial charge in [0.2, 0.25) is 0 Å². The molecule has 0 saturated carbocycles. The van der Waals surface area contributed by atoms with Crippen molar-refractivity contribution in [3.8, 4) is 6.01 Å². The van der Waals surface area contributed by atoms with Gasteiger partial charge < -0.3 is 24.2 Å². The number of aromatic nitrogens is 2. The minimum absolute atomic E-state index is 0.266. The molecule has 12 heteroatoms. The number of anilines is 2. The molecule has 1 atom stereocenters. The van der Waals surface area contributed by atoms with Crippen molar-refractivity contribution in [2.24, 2.45) is 5.10 Å². The number of methoxy groups -OCH3 is 1. The summed E-state index contributed by atoms with van der Waals surface area (Å²) in [5, 5.41) is 4.59. The molecule has 1 unspecified atom stereocenters. The van der Waals surface area contributed by atoms with Crippen molar-refractivity contribution in [2.45, 2.75) is 46.3 Å². The summed E-state index contributed by atoms with van der Waals surface area (Å²) in [4.78, 5) is 28.5. The lowest BCUT2D eigenvalue weighted by molar-refractivity contribution is 0.0240. The van der Waals surface area contributed by atoms with Crippen molar-refractivity contribution >= 4 is 52.2 Å². The van der Waals surface area contributed by atoms with Gasteiger partial charge in [0.05, 0.1) is 31.9 Å². The number of hydrogen-bond donors (Lipinski definition) is 0. The van der Waals surface area contributed by atoms with E-state index in [1.54, 1.807) is 12.0 Å². The number of nitrogens with zero attached hydrogens (tertiary/aromatic N) is 7. The second kappa shape index (κ2) is 12.2. The van der Waals surface area contributed by atoms with Crippen LogP contribution >= 0.6 is 28.4 Å². The molecule has 1 saturated heterocycles. The predicted molar refractivity (Wildman–Crippen MR) is 162 cm³/mol. The van der Waals surface area contributed by atoms with Gasteiger partial charge in [0, 0.05) is 56.6 Å². The van der Waals surface area contributed by atoms with E-state index in [4.69, 9.17) is 19.4 Å². The van der Waals surface area contributed by atoms with Crippen LogP contribution in [0.5, 0.6) is 6.01 Å². The number of fused-ring (bicyclic) bond motifs is 1. The molecule has 2 aliphatic rings. The predicted octanol–water partition coefficient (Wildman–Crippen LogP) is 4.62. The van der Waals surface area contributed by atoms with E-state index in [1.165, 1.54) is 11.3 Å². The topological polar surface area (TPSA) is 86.6 Å². The van der Waals surface area contributed by atoms with Gasteiger partial charge in [-0.3, -0.25) is 4.78 Å². The summed E-state index contributed by atoms with van der Waals surface area (Å²) >= 11 is 2.33. The van der Waals surface area contributed by atoms with E-state index in [-0.39, 0.29) is 6.09 Å². The second-order valence-corrected chi connectivity index (χ2v) is 12.7. The largest absolute Gasteiger partial charge is 0.467 e. The highest BCUT2D eigenvalue weighted by Gasteiger charge is 2.31. The molecular formula is C26H37IN7O3P. The van der Waals surface area contributed by atoms with Gasteiger partial charge in [-0.2, -0.15) is 15.1 Å². The monoisotopic (exact) mass is 653 g/mol. The standard InChI is InChI=1S/C26H37IN7O3P/c1-18-8-7-9-19(16-28-31(5)38-27)22(18)34-11-10-20-21(17-34)29-24(36-6)30-23(20)32-12-14-33(15-13-32)25(35)37-26(2,3)4/h7-9,16,38H,10-15,17H2,1-6H3/b28-16-. The maximum atomic E-state index is 12.5. The van der Waals surface area contributed by atoms with E-state index in [2.05, 4.69) is 62.1 Å². The number of para-hydroxylation sites is 1. The minimum atomic E-state index is -0.506. The Bertz CT molecular complexity index is 1180. The van der Waals surface area contributed by atoms with Crippen molar-refractivity contribution in [3.05, 3.63) is 40.6 Å². The molecule has 2 aliphatic heterocycles. The summed E-state index contributed by atoms with van der Waals surface area (Å²) in [6.07, 6.45) is 3.08. The minimum Gasteiger partial charge on any atom is -0.467 e. The van der Waals surface area contributed by atoms with Crippen molar-refractivity contribution in [2.75, 3.05) is 56.7 Å². The van der Waals surface area contributed by atoms with Crippen LogP contribution in [0.25, 0.3) is 0 Å². The van der Waals surface area contributed by atoms with E-state index < -0.39 is 5.60 Å². The highest BCUT2D eigenvalue weighted by atomic mass is 127. The highest BCUT2D eigenvalue weighted by Crippen LogP contribution is 2.34. The molecule has 10 nitrogen and oxygen atoms in total. The quantitative estimate of drug-likeness (QED) is 0.193. The van der Waals surface area contributed by atoms with Crippen LogP contribution in [-0.4, -0.2) is 84.4 Å². The molecular weight excluding hydrogens is 616 g/mol. The molecule has 1 amide bonds. The van der Waals surface area contributed by atoms with Crippen LogP contribution in [-0.2, 0) is 17.7 Å². The van der Waals surface area contributed by atoms with Crippen LogP contribution in [0, 0.1) is 6.92 Å². The van der Waals surface area contributed by atoms with Crippen LogP contribution in [0.4, 0.5) is 16.3 Å². The highest BCUT2D eigenvalue weighted by molar-refractivity contribution is 14.2. The van der Waals surface area contributed by atoms with Gasteiger partial charge in [-0.25, -0.2) is 4.79 Å². The lowest BCUT2D eigenvalue weighted by Crippen LogP contribution is -2.50. The first-order valence-electron chi connectivity index (χ1n) is 12.7. The first kappa shape index (κ1) is 28.6. The number of piperazine rings is 1. The summed E-state index contributed by atoms with van der Waals surface area (Å²) in [5.41, 5.74) is 5.10. The third-order valence-electron chi connectivity index (χ3n) is 6.51. The van der Waals surface area contributed by atoms with Crippen LogP contribution in [0.2, 0.25) is 0 Å². The van der Waals surface area contributed by atoms with Crippen LogP contribution in [0.1, 0.15) is 43.2 Å². The molecule has 1 aromatic carbocycles. The number of hydrogen-bond acceptors (Lipinski definition) is 9. The molecule has 1 aromatic heterocycles. The Morgan fingerprint density at radius 2 is 1.89 bits per heavy atom. The zero-order valence-corrected chi connectivity index (χ0v) is 26.1. The van der Waals surface area contributed by atoms with Crippen molar-refractivity contribution in [3.63, 3.8) is 0 Å². The summed E-state index contributed by atoms with van der Waals surface area (Å²) in [6.45, 7) is 11.8. The fraction of sp³-hybridized carbons (Fsp3) is 0.538. The van der Waals surface area contributed by atoms with Gasteiger partial charge in [-0.05, 0) is 61.7 Å². The van der Waals surface area contributed by atoms with Crippen LogP contribution in [0.3, 0.4) is 0 Å². The number of halogens is 1. The zero-order valence-electron chi connectivity index (χ0n) is 23.0. The SMILES string of the molecule is COc1nc2c(c(N3CCN(C(=O)OC(C)(C)C)CC3)n1)CCN(c1c(C)cccc1/C=N\N(C)PI)C2. The fourth-order valence-electron chi connectivity index (χ4n) is 4.75. The molecule has 0 aliphatic carbocycles. The number of hydrazone groups is 1. The molecule has 1 fully saturated rings. The Labute approximate surface area is 240 Å². The third kappa shape index (κ3) is 6.77. The molecule has 206 valence electrons. The maximum absolute atomic E-state index is 12.5. The Morgan fingerprint density at radius 3 is 2.55 bits per heavy atom. The van der Waals surface area contributed by atoms with Crippen molar-refractivity contribution in [1.29, 1.82) is 0 Å². The normalized spacial score (nSPS) is 16.3. The maximum Gasteiger partial charge on any atom is 0.410 e. The average Bonchev–Trinajstić information content (AvgIpc) is 2.89. The summed E-state index contributed by atoms with van der Waals surface area (Å²) < 4.78 is 13.0. The molecule has 3 heterocycles. The molecule has 4 rings (SSSR count). The smallest absolute Gasteiger partial charge is 0.410 e. The molecule has 0 N–H and O–H groups in total. The fourth-order valence-corrected chi connectivity index (χ4v) is 5.22. The number of aryl methyl sites for hydroxylation is 1. The molecule has 38 heavy (non-hydrogen) atoms. The van der Waals surface area contributed by atoms with Gasteiger partial charge in [0.15, 0.2) is 0 Å². The number of carbonyl (C=O) groups excluding carboxylic acids is 1. The third-order valence-corrected chi connectivity index (χ3v) is 8.97. The van der Waals surface area contributed by atoms with Crippen molar-refractivity contribution in [1.82, 2.24) is 19.6 Å². The van der Waals surface area contributed by atoms with Gasteiger partial charge in [-0.1, -0.05) is 18.2 Å². The van der Waals surface area contributed by atoms with Crippen LogP contribution in [0.15, 0.2) is 23.3 Å². The number of benzene rings is 1. The Morgan fingerprint density at radius 1 is 1.16 bits per heavy atom. The number of amides is 1. The van der Waals surface area contributed by atoms with E-state index in [0.717, 1.165) is 35.6 Å². The molecule has 0 bridgehead atoms. The summed E-state index contributed by atoms with van der Waals surface area (Å²) in [5.74, 6) is 0.909. The van der Waals surface area contributed by atoms with E-state index in [1.807, 2.05) is 38.8 Å². The van der Waals surface area contributed by atoms with Gasteiger partial charge >= 0.3 is 12.1 Å². The lowest BCUT2D eigenvalue weighted by Gasteiger charge is -2.38. The zero-order chi connectivity index (χ0) is 27.4. The molecule has 2 aromatic rings. The lowest BCUT2D eigenvalue weighted by atomic mass is 10.0. The van der Waals surface area contributed by atoms with E-state index in [9.17, 15) is 4.79 Å². The molecule has 0 spiro atoms. The summed E-state index contributed by atoms with van der Waals surface area (Å²) in [6, 6.07) is 6.69. The van der Waals surface area contributed by atoms with Gasteiger partial charge in [-0.15, -0.1) is 0 Å². The van der Waals surface area contributed by atoms with E-state index in [0.29, 0.717) is 45.1 Å².